The molecule has 37 heavy (non-hydrogen) atoms. The number of hydrogen-bond donors (Lipinski definition) is 2. The fourth-order valence-electron chi connectivity index (χ4n) is 4.31. The van der Waals surface area contributed by atoms with E-state index in [9.17, 15) is 4.79 Å². The molecule has 0 radical (unpaired) electrons. The zero-order valence-electron chi connectivity index (χ0n) is 21.1. The molecule has 0 aliphatic carbocycles. The first-order chi connectivity index (χ1) is 18.0. The van der Waals surface area contributed by atoms with E-state index in [4.69, 9.17) is 0 Å². The summed E-state index contributed by atoms with van der Waals surface area (Å²) in [6.45, 7) is 3.87. The molecule has 9 heteroatoms. The fourth-order valence-corrected chi connectivity index (χ4v) is 4.31. The van der Waals surface area contributed by atoms with Crippen LogP contribution in [-0.4, -0.2) is 55.9 Å². The van der Waals surface area contributed by atoms with Gasteiger partial charge in [0.25, 0.3) is 0 Å². The summed E-state index contributed by atoms with van der Waals surface area (Å²) in [5.74, 6) is 2.69. The van der Waals surface area contributed by atoms with Gasteiger partial charge in [0.15, 0.2) is 5.82 Å². The molecule has 2 N–H and O–H groups in total. The van der Waals surface area contributed by atoms with Crippen LogP contribution in [0.25, 0.3) is 11.5 Å². The van der Waals surface area contributed by atoms with Crippen LogP contribution < -0.4 is 10.6 Å². The van der Waals surface area contributed by atoms with Crippen LogP contribution in [0.2, 0.25) is 0 Å². The van der Waals surface area contributed by atoms with Crippen molar-refractivity contribution in [2.24, 2.45) is 5.92 Å². The molecule has 1 aromatic carbocycles. The molecule has 4 heterocycles. The zero-order valence-corrected chi connectivity index (χ0v) is 21.1. The van der Waals surface area contributed by atoms with E-state index in [2.05, 4.69) is 47.5 Å². The Balaban J connectivity index is 1.21. The first-order valence-electron chi connectivity index (χ1n) is 12.5. The van der Waals surface area contributed by atoms with E-state index >= 15 is 0 Å². The Morgan fingerprint density at radius 1 is 0.919 bits per heavy atom. The Morgan fingerprint density at radius 3 is 2.41 bits per heavy atom. The number of aryl methyl sites for hydroxylation is 1. The monoisotopic (exact) mass is 494 g/mol. The lowest BCUT2D eigenvalue weighted by Gasteiger charge is -2.28. The lowest BCUT2D eigenvalue weighted by Crippen LogP contribution is -2.35. The molecule has 1 aliphatic heterocycles. The summed E-state index contributed by atoms with van der Waals surface area (Å²) in [6, 6.07) is 17.2. The van der Waals surface area contributed by atoms with Gasteiger partial charge in [-0.15, -0.1) is 0 Å². The van der Waals surface area contributed by atoms with Gasteiger partial charge >= 0.3 is 0 Å². The molecule has 0 spiro atoms. The fraction of sp³-hybridized carbons (Fsp3) is 0.286. The van der Waals surface area contributed by atoms with E-state index in [1.165, 1.54) is 0 Å². The highest BCUT2D eigenvalue weighted by atomic mass is 16.1. The summed E-state index contributed by atoms with van der Waals surface area (Å²) in [4.78, 5) is 37.3. The minimum atomic E-state index is 0.0820. The lowest BCUT2D eigenvalue weighted by molar-refractivity contribution is -0.121. The molecule has 1 fully saturated rings. The number of anilines is 3. The van der Waals surface area contributed by atoms with Crippen molar-refractivity contribution >= 4 is 23.2 Å². The summed E-state index contributed by atoms with van der Waals surface area (Å²) in [5.41, 5.74) is 3.50. The molecule has 9 nitrogen and oxygen atoms in total. The predicted octanol–water partition coefficient (Wildman–Crippen LogP) is 4.25. The maximum atomic E-state index is 12.6. The average molecular weight is 495 g/mol. The lowest BCUT2D eigenvalue weighted by atomic mass is 9.96. The van der Waals surface area contributed by atoms with Crippen molar-refractivity contribution in [2.75, 3.05) is 30.8 Å². The number of amides is 1. The summed E-state index contributed by atoms with van der Waals surface area (Å²) in [6.07, 6.45) is 5.80. The van der Waals surface area contributed by atoms with Crippen LogP contribution in [0.15, 0.2) is 67.0 Å². The highest BCUT2D eigenvalue weighted by Gasteiger charge is 2.23. The van der Waals surface area contributed by atoms with Gasteiger partial charge in [0.2, 0.25) is 5.91 Å². The molecule has 0 unspecified atom stereocenters. The second-order valence-corrected chi connectivity index (χ2v) is 9.35. The Kier molecular flexibility index (Phi) is 7.41. The van der Waals surface area contributed by atoms with Gasteiger partial charge in [0.1, 0.15) is 23.2 Å². The van der Waals surface area contributed by atoms with E-state index in [1.54, 1.807) is 24.5 Å². The standard InChI is InChI=1S/C28H30N8O/c1-19-4-3-5-23(31-19)27-30-15-11-25(35-27)33-24-10-14-29-26(34-24)18-20-6-8-22(9-7-20)32-28(37)21-12-16-36(2)17-13-21/h3-11,14-15,21H,12-13,16-18H2,1-2H3,(H,32,37)(H,29,30,33,34,35). The van der Waals surface area contributed by atoms with Crippen molar-refractivity contribution in [3.63, 3.8) is 0 Å². The third-order valence-electron chi connectivity index (χ3n) is 6.41. The molecule has 1 amide bonds. The highest BCUT2D eigenvalue weighted by Crippen LogP contribution is 2.20. The number of likely N-dealkylation sites (tertiary alicyclic amines) is 1. The number of nitrogens with one attached hydrogen (secondary N) is 2. The molecule has 0 saturated carbocycles. The van der Waals surface area contributed by atoms with E-state index in [0.717, 1.165) is 48.6 Å². The second kappa shape index (κ2) is 11.2. The zero-order chi connectivity index (χ0) is 25.6. The summed E-state index contributed by atoms with van der Waals surface area (Å²) in [5, 5.41) is 6.30. The Morgan fingerprint density at radius 2 is 1.65 bits per heavy atom. The third-order valence-corrected chi connectivity index (χ3v) is 6.41. The van der Waals surface area contributed by atoms with Gasteiger partial charge in [-0.05, 0) is 81.9 Å². The average Bonchev–Trinajstić information content (AvgIpc) is 2.91. The molecule has 0 bridgehead atoms. The van der Waals surface area contributed by atoms with E-state index in [1.807, 2.05) is 49.4 Å². The van der Waals surface area contributed by atoms with Crippen molar-refractivity contribution in [1.82, 2.24) is 29.8 Å². The van der Waals surface area contributed by atoms with Crippen molar-refractivity contribution in [1.29, 1.82) is 0 Å². The Hall–Kier alpha value is -4.24. The molecule has 4 aromatic rings. The van der Waals surface area contributed by atoms with E-state index < -0.39 is 0 Å². The molecule has 0 atom stereocenters. The number of benzene rings is 1. The van der Waals surface area contributed by atoms with E-state index in [-0.39, 0.29) is 11.8 Å². The van der Waals surface area contributed by atoms with Crippen LogP contribution in [0.5, 0.6) is 0 Å². The summed E-state index contributed by atoms with van der Waals surface area (Å²) >= 11 is 0. The van der Waals surface area contributed by atoms with Gasteiger partial charge in [0, 0.05) is 36.1 Å². The van der Waals surface area contributed by atoms with Crippen molar-refractivity contribution < 1.29 is 4.79 Å². The maximum Gasteiger partial charge on any atom is 0.227 e. The van der Waals surface area contributed by atoms with Gasteiger partial charge in [-0.3, -0.25) is 4.79 Å². The number of hydrogen-bond acceptors (Lipinski definition) is 8. The minimum absolute atomic E-state index is 0.0820. The summed E-state index contributed by atoms with van der Waals surface area (Å²) in [7, 11) is 2.10. The molecular weight excluding hydrogens is 464 g/mol. The number of pyridine rings is 1. The SMILES string of the molecule is Cc1cccc(-c2nccc(Nc3ccnc(Cc4ccc(NC(=O)C5CCN(C)CC5)cc4)n3)n2)n1. The van der Waals surface area contributed by atoms with Gasteiger partial charge in [-0.25, -0.2) is 24.9 Å². The quantitative estimate of drug-likeness (QED) is 0.392. The van der Waals surface area contributed by atoms with Crippen LogP contribution in [-0.2, 0) is 11.2 Å². The van der Waals surface area contributed by atoms with Gasteiger partial charge in [-0.1, -0.05) is 18.2 Å². The van der Waals surface area contributed by atoms with Crippen molar-refractivity contribution in [3.05, 3.63) is 84.1 Å². The summed E-state index contributed by atoms with van der Waals surface area (Å²) < 4.78 is 0. The highest BCUT2D eigenvalue weighted by molar-refractivity contribution is 5.92. The number of carbonyl (C=O) groups is 1. The number of aromatic nitrogens is 5. The smallest absolute Gasteiger partial charge is 0.227 e. The Bertz CT molecular complexity index is 1370. The Labute approximate surface area is 216 Å². The van der Waals surface area contributed by atoms with Crippen LogP contribution in [0.3, 0.4) is 0 Å². The largest absolute Gasteiger partial charge is 0.326 e. The molecule has 1 aliphatic rings. The van der Waals surface area contributed by atoms with Crippen LogP contribution >= 0.6 is 0 Å². The number of rotatable bonds is 7. The van der Waals surface area contributed by atoms with Crippen LogP contribution in [0.1, 0.15) is 29.9 Å². The topological polar surface area (TPSA) is 109 Å². The third kappa shape index (κ3) is 6.50. The van der Waals surface area contributed by atoms with Crippen molar-refractivity contribution in [3.8, 4) is 11.5 Å². The van der Waals surface area contributed by atoms with Crippen LogP contribution in [0.4, 0.5) is 17.3 Å². The first-order valence-corrected chi connectivity index (χ1v) is 12.5. The first kappa shape index (κ1) is 24.5. The molecule has 5 rings (SSSR count). The van der Waals surface area contributed by atoms with Gasteiger partial charge in [0.05, 0.1) is 0 Å². The number of carbonyl (C=O) groups excluding carboxylic acids is 1. The molecule has 3 aromatic heterocycles. The molecular formula is C28H30N8O. The van der Waals surface area contributed by atoms with Gasteiger partial charge in [-0.2, -0.15) is 0 Å². The predicted molar refractivity (Wildman–Crippen MR) is 143 cm³/mol. The maximum absolute atomic E-state index is 12.6. The van der Waals surface area contributed by atoms with E-state index in [0.29, 0.717) is 29.7 Å². The molecule has 1 saturated heterocycles. The van der Waals surface area contributed by atoms with Crippen molar-refractivity contribution in [2.45, 2.75) is 26.2 Å². The minimum Gasteiger partial charge on any atom is -0.326 e. The number of piperidine rings is 1. The molecule has 188 valence electrons. The number of nitrogens with zero attached hydrogens (tertiary/aromatic N) is 6. The van der Waals surface area contributed by atoms with Gasteiger partial charge < -0.3 is 15.5 Å². The van der Waals surface area contributed by atoms with Crippen LogP contribution in [0, 0.1) is 12.8 Å². The second-order valence-electron chi connectivity index (χ2n) is 9.35. The normalized spacial score (nSPS) is 14.3.